The summed E-state index contributed by atoms with van der Waals surface area (Å²) in [5.74, 6) is 0.316. The molecule has 0 bridgehead atoms. The number of hydrogen-bond acceptors (Lipinski definition) is 5. The molecule has 4 nitrogen and oxygen atoms in total. The summed E-state index contributed by atoms with van der Waals surface area (Å²) in [7, 11) is 1.57. The number of halogens is 2. The first kappa shape index (κ1) is 16.6. The molecule has 0 atom stereocenters. The van der Waals surface area contributed by atoms with E-state index in [1.165, 1.54) is 22.7 Å². The fourth-order valence-corrected chi connectivity index (χ4v) is 5.05. The van der Waals surface area contributed by atoms with Crippen molar-refractivity contribution >= 4 is 77.2 Å². The minimum Gasteiger partial charge on any atom is -0.494 e. The van der Waals surface area contributed by atoms with E-state index in [4.69, 9.17) is 27.9 Å². The summed E-state index contributed by atoms with van der Waals surface area (Å²) in [5.41, 5.74) is 0.623. The van der Waals surface area contributed by atoms with Gasteiger partial charge in [-0.25, -0.2) is 4.98 Å². The van der Waals surface area contributed by atoms with Gasteiger partial charge in [0.25, 0.3) is 5.91 Å². The Labute approximate surface area is 161 Å². The van der Waals surface area contributed by atoms with Crippen LogP contribution in [-0.4, -0.2) is 18.0 Å². The number of fused-ring (bicyclic) bond motifs is 2. The largest absolute Gasteiger partial charge is 0.494 e. The second-order valence-corrected chi connectivity index (χ2v) is 7.98. The van der Waals surface area contributed by atoms with E-state index in [1.807, 2.05) is 24.3 Å². The van der Waals surface area contributed by atoms with E-state index >= 15 is 0 Å². The minimum absolute atomic E-state index is 0.291. The number of ether oxygens (including phenoxy) is 1. The van der Waals surface area contributed by atoms with Crippen LogP contribution in [0.3, 0.4) is 0 Å². The standard InChI is InChI=1S/C17H10Cl2N2O2S2/c1-23-10-7-6-9(18)14-13(10)20-17(25-14)21-16(22)15-12(19)8-4-2-3-5-11(8)24-15/h2-7H,1H3,(H,20,21,22). The first-order valence-electron chi connectivity index (χ1n) is 7.20. The highest BCUT2D eigenvalue weighted by molar-refractivity contribution is 7.23. The molecule has 126 valence electrons. The summed E-state index contributed by atoms with van der Waals surface area (Å²) in [6.07, 6.45) is 0. The maximum absolute atomic E-state index is 12.6. The molecule has 4 rings (SSSR count). The van der Waals surface area contributed by atoms with Crippen molar-refractivity contribution in [2.75, 3.05) is 12.4 Å². The molecule has 2 heterocycles. The Morgan fingerprint density at radius 3 is 2.72 bits per heavy atom. The number of nitrogens with one attached hydrogen (secondary N) is 1. The second-order valence-electron chi connectivity index (χ2n) is 5.14. The van der Waals surface area contributed by atoms with Gasteiger partial charge in [0.15, 0.2) is 5.13 Å². The van der Waals surface area contributed by atoms with Gasteiger partial charge in [-0.05, 0) is 18.2 Å². The first-order valence-corrected chi connectivity index (χ1v) is 9.59. The third-order valence-corrected chi connectivity index (χ3v) is 6.75. The van der Waals surface area contributed by atoms with Gasteiger partial charge in [0.05, 0.1) is 21.9 Å². The van der Waals surface area contributed by atoms with Crippen LogP contribution in [0.15, 0.2) is 36.4 Å². The van der Waals surface area contributed by atoms with Crippen molar-refractivity contribution in [3.05, 3.63) is 51.3 Å². The normalized spacial score (nSPS) is 11.2. The second kappa shape index (κ2) is 6.46. The van der Waals surface area contributed by atoms with Crippen molar-refractivity contribution < 1.29 is 9.53 Å². The number of benzene rings is 2. The molecule has 0 unspecified atom stereocenters. The van der Waals surface area contributed by atoms with Gasteiger partial charge < -0.3 is 4.74 Å². The van der Waals surface area contributed by atoms with E-state index in [0.717, 1.165) is 14.8 Å². The summed E-state index contributed by atoms with van der Waals surface area (Å²) >= 11 is 15.2. The van der Waals surface area contributed by atoms with E-state index in [9.17, 15) is 4.79 Å². The molecule has 8 heteroatoms. The smallest absolute Gasteiger partial charge is 0.269 e. The van der Waals surface area contributed by atoms with Crippen LogP contribution in [0.5, 0.6) is 5.75 Å². The summed E-state index contributed by atoms with van der Waals surface area (Å²) in [6, 6.07) is 11.1. The van der Waals surface area contributed by atoms with Crippen LogP contribution in [-0.2, 0) is 0 Å². The van der Waals surface area contributed by atoms with E-state index in [1.54, 1.807) is 19.2 Å². The van der Waals surface area contributed by atoms with Gasteiger partial charge in [0.1, 0.15) is 16.1 Å². The molecule has 0 spiro atoms. The Balaban J connectivity index is 1.72. The van der Waals surface area contributed by atoms with Crippen molar-refractivity contribution in [2.45, 2.75) is 0 Å². The van der Waals surface area contributed by atoms with Gasteiger partial charge in [-0.15, -0.1) is 11.3 Å². The lowest BCUT2D eigenvalue weighted by Crippen LogP contribution is -2.10. The molecule has 0 radical (unpaired) electrons. The summed E-state index contributed by atoms with van der Waals surface area (Å²) in [4.78, 5) is 17.5. The van der Waals surface area contributed by atoms with Gasteiger partial charge in [-0.2, -0.15) is 0 Å². The molecule has 25 heavy (non-hydrogen) atoms. The maximum Gasteiger partial charge on any atom is 0.269 e. The monoisotopic (exact) mass is 408 g/mol. The molecule has 1 amide bonds. The number of methoxy groups -OCH3 is 1. The lowest BCUT2D eigenvalue weighted by atomic mass is 10.2. The summed E-state index contributed by atoms with van der Waals surface area (Å²) < 4.78 is 7.03. The maximum atomic E-state index is 12.6. The van der Waals surface area contributed by atoms with Crippen molar-refractivity contribution in [2.24, 2.45) is 0 Å². The molecular formula is C17H10Cl2N2O2S2. The molecule has 4 aromatic rings. The predicted octanol–water partition coefficient (Wildman–Crippen LogP) is 6.08. The number of amides is 1. The summed E-state index contributed by atoms with van der Waals surface area (Å²) in [5, 5.41) is 5.14. The van der Waals surface area contributed by atoms with Crippen LogP contribution in [0.25, 0.3) is 20.3 Å². The van der Waals surface area contributed by atoms with E-state index < -0.39 is 0 Å². The molecule has 0 aliphatic heterocycles. The zero-order chi connectivity index (χ0) is 17.6. The third kappa shape index (κ3) is 2.85. The van der Waals surface area contributed by atoms with Gasteiger partial charge in [0.2, 0.25) is 0 Å². The zero-order valence-corrected chi connectivity index (χ0v) is 15.9. The van der Waals surface area contributed by atoms with Gasteiger partial charge in [-0.3, -0.25) is 10.1 Å². The molecule has 0 fully saturated rings. The Hall–Kier alpha value is -1.86. The van der Waals surface area contributed by atoms with Crippen molar-refractivity contribution in [3.8, 4) is 5.75 Å². The van der Waals surface area contributed by atoms with Crippen molar-refractivity contribution in [3.63, 3.8) is 0 Å². The lowest BCUT2D eigenvalue weighted by molar-refractivity contribution is 0.103. The molecular weight excluding hydrogens is 399 g/mol. The molecule has 2 aromatic heterocycles. The highest BCUT2D eigenvalue weighted by Crippen LogP contribution is 2.39. The SMILES string of the molecule is COc1ccc(Cl)c2sc(NC(=O)c3sc4ccccc4c3Cl)nc12. The highest BCUT2D eigenvalue weighted by Gasteiger charge is 2.19. The van der Waals surface area contributed by atoms with E-state index in [0.29, 0.717) is 31.3 Å². The Kier molecular flexibility index (Phi) is 4.29. The van der Waals surface area contributed by atoms with Crippen LogP contribution in [0.1, 0.15) is 9.67 Å². The molecule has 0 saturated heterocycles. The van der Waals surface area contributed by atoms with Crippen molar-refractivity contribution in [1.29, 1.82) is 0 Å². The van der Waals surface area contributed by atoms with Crippen LogP contribution >= 0.6 is 45.9 Å². The molecule has 1 N–H and O–H groups in total. The van der Waals surface area contributed by atoms with Gasteiger partial charge >= 0.3 is 0 Å². The highest BCUT2D eigenvalue weighted by atomic mass is 35.5. The lowest BCUT2D eigenvalue weighted by Gasteiger charge is -2.00. The molecule has 0 saturated carbocycles. The fraction of sp³-hybridized carbons (Fsp3) is 0.0588. The van der Waals surface area contributed by atoms with Gasteiger partial charge in [-0.1, -0.05) is 52.7 Å². The fourth-order valence-electron chi connectivity index (χ4n) is 2.48. The number of carbonyl (C=O) groups excluding carboxylic acids is 1. The Bertz CT molecular complexity index is 1120. The van der Waals surface area contributed by atoms with Crippen molar-refractivity contribution in [1.82, 2.24) is 4.98 Å². The Morgan fingerprint density at radius 2 is 1.96 bits per heavy atom. The van der Waals surface area contributed by atoms with Crippen LogP contribution in [0.2, 0.25) is 10.0 Å². The average molecular weight is 409 g/mol. The van der Waals surface area contributed by atoms with Crippen LogP contribution in [0.4, 0.5) is 5.13 Å². The first-order chi connectivity index (χ1) is 12.1. The minimum atomic E-state index is -0.291. The quantitative estimate of drug-likeness (QED) is 0.446. The predicted molar refractivity (Wildman–Crippen MR) is 106 cm³/mol. The average Bonchev–Trinajstić information content (AvgIpc) is 3.18. The van der Waals surface area contributed by atoms with Gasteiger partial charge in [0, 0.05) is 10.1 Å². The topological polar surface area (TPSA) is 51.2 Å². The number of carbonyl (C=O) groups is 1. The number of thiazole rings is 1. The molecule has 0 aliphatic carbocycles. The molecule has 0 aliphatic rings. The van der Waals surface area contributed by atoms with E-state index in [2.05, 4.69) is 10.3 Å². The van der Waals surface area contributed by atoms with E-state index in [-0.39, 0.29) is 5.91 Å². The number of hydrogen-bond donors (Lipinski definition) is 1. The molecule has 2 aromatic carbocycles. The number of anilines is 1. The number of nitrogens with zero attached hydrogens (tertiary/aromatic N) is 1. The zero-order valence-electron chi connectivity index (χ0n) is 12.8. The number of thiophene rings is 1. The Morgan fingerprint density at radius 1 is 1.16 bits per heavy atom. The number of rotatable bonds is 3. The summed E-state index contributed by atoms with van der Waals surface area (Å²) in [6.45, 7) is 0. The third-order valence-electron chi connectivity index (χ3n) is 3.64. The van der Waals surface area contributed by atoms with Crippen LogP contribution < -0.4 is 10.1 Å². The number of aromatic nitrogens is 1. The van der Waals surface area contributed by atoms with Crippen LogP contribution in [0, 0.1) is 0 Å².